The summed E-state index contributed by atoms with van der Waals surface area (Å²) in [4.78, 5) is 56.4. The summed E-state index contributed by atoms with van der Waals surface area (Å²) < 4.78 is 35.8. The molecule has 6 aromatic rings. The number of carbonyl (C=O) groups is 5. The second-order valence-corrected chi connectivity index (χ2v) is 24.2. The van der Waals surface area contributed by atoms with Gasteiger partial charge in [-0.25, -0.2) is 13.1 Å². The van der Waals surface area contributed by atoms with Gasteiger partial charge in [0.2, 0.25) is 21.8 Å². The number of hydrogen-bond donors (Lipinski definition) is 5. The normalized spacial score (nSPS) is 10.1. The van der Waals surface area contributed by atoms with E-state index in [1.165, 1.54) is 52.6 Å². The van der Waals surface area contributed by atoms with E-state index in [2.05, 4.69) is 26.0 Å². The van der Waals surface area contributed by atoms with Crippen LogP contribution in [0.25, 0.3) is 0 Å². The molecule has 3 amide bonds. The maximum Gasteiger partial charge on any atom is 0.321 e. The highest BCUT2D eigenvalue weighted by atomic mass is 32.2. The van der Waals surface area contributed by atoms with Gasteiger partial charge in [-0.15, -0.1) is 35.3 Å². The topological polar surface area (TPSA) is 198 Å². The molecule has 0 heterocycles. The first-order valence-electron chi connectivity index (χ1n) is 25.0. The van der Waals surface area contributed by atoms with Crippen LogP contribution in [-0.4, -0.2) is 117 Å². The first kappa shape index (κ1) is 73.7. The molecule has 0 unspecified atom stereocenters. The van der Waals surface area contributed by atoms with Gasteiger partial charge in [0.05, 0.1) is 40.5 Å². The third-order valence-electron chi connectivity index (χ3n) is 9.82. The highest BCUT2D eigenvalue weighted by Gasteiger charge is 2.12. The van der Waals surface area contributed by atoms with Crippen LogP contribution in [-0.2, 0) is 29.2 Å². The summed E-state index contributed by atoms with van der Waals surface area (Å²) in [6.45, 7) is 12.2. The third kappa shape index (κ3) is 36.7. The maximum absolute atomic E-state index is 11.6. The molecule has 0 aliphatic heterocycles. The van der Waals surface area contributed by atoms with Gasteiger partial charge >= 0.3 is 11.9 Å². The zero-order chi connectivity index (χ0) is 60.4. The molecule has 21 heteroatoms. The summed E-state index contributed by atoms with van der Waals surface area (Å²) in [6, 6.07) is 44.8. The van der Waals surface area contributed by atoms with Crippen LogP contribution < -0.4 is 35.5 Å². The van der Waals surface area contributed by atoms with Crippen molar-refractivity contribution in [3.63, 3.8) is 0 Å². The number of anilines is 2. The Labute approximate surface area is 507 Å². The summed E-state index contributed by atoms with van der Waals surface area (Å²) in [5, 5.41) is 11.5. The van der Waals surface area contributed by atoms with Crippen molar-refractivity contribution in [1.29, 1.82) is 0 Å². The van der Waals surface area contributed by atoms with Gasteiger partial charge in [0.1, 0.15) is 11.5 Å². The first-order chi connectivity index (χ1) is 38.7. The van der Waals surface area contributed by atoms with Crippen molar-refractivity contribution in [1.82, 2.24) is 15.4 Å². The van der Waals surface area contributed by atoms with Crippen molar-refractivity contribution in [2.75, 3.05) is 89.6 Å². The average molecular weight is 1240 g/mol. The van der Waals surface area contributed by atoms with E-state index in [1.807, 2.05) is 182 Å². The minimum absolute atomic E-state index is 0.00495. The van der Waals surface area contributed by atoms with Gasteiger partial charge in [0.15, 0.2) is 0 Å². The van der Waals surface area contributed by atoms with E-state index in [-0.39, 0.29) is 29.7 Å². The number of esters is 2. The van der Waals surface area contributed by atoms with Gasteiger partial charge in [-0.3, -0.25) is 29.3 Å². The number of benzene rings is 6. The van der Waals surface area contributed by atoms with Gasteiger partial charge in [-0.1, -0.05) is 89.5 Å². The Kier molecular flexibility index (Phi) is 40.2. The lowest BCUT2D eigenvalue weighted by Gasteiger charge is -2.06. The maximum atomic E-state index is 11.6. The highest BCUT2D eigenvalue weighted by molar-refractivity contribution is 8.00. The van der Waals surface area contributed by atoms with E-state index < -0.39 is 10.0 Å². The molecule has 0 atom stereocenters. The number of carbonyl (C=O) groups excluding carboxylic acids is 5. The predicted molar refractivity (Wildman–Crippen MR) is 352 cm³/mol. The van der Waals surface area contributed by atoms with Gasteiger partial charge in [-0.2, -0.15) is 35.3 Å². The summed E-state index contributed by atoms with van der Waals surface area (Å²) in [7, 11) is -3.31. The zero-order valence-corrected chi connectivity index (χ0v) is 54.1. The number of aryl methyl sites for hydroxylation is 6. The molecule has 14 nitrogen and oxygen atoms in total. The van der Waals surface area contributed by atoms with Crippen LogP contribution in [0.5, 0.6) is 11.5 Å². The van der Waals surface area contributed by atoms with Gasteiger partial charge in [0.25, 0.3) is 5.91 Å². The molecular formula is C60H79N5O9S7. The molecule has 0 aromatic heterocycles. The summed E-state index contributed by atoms with van der Waals surface area (Å²) in [5.41, 5.74) is 9.21. The summed E-state index contributed by atoms with van der Waals surface area (Å²) in [6.07, 6.45) is 11.4. The molecule has 5 N–H and O–H groups in total. The highest BCUT2D eigenvalue weighted by Crippen LogP contribution is 2.15. The third-order valence-corrected chi connectivity index (χ3v) is 14.4. The van der Waals surface area contributed by atoms with Gasteiger partial charge < -0.3 is 25.4 Å². The number of rotatable bonds is 21. The lowest BCUT2D eigenvalue weighted by atomic mass is 10.1. The van der Waals surface area contributed by atoms with Crippen molar-refractivity contribution >= 4 is 122 Å². The van der Waals surface area contributed by atoms with Crippen LogP contribution in [0, 0.1) is 41.5 Å². The van der Waals surface area contributed by atoms with E-state index in [9.17, 15) is 32.4 Å². The van der Waals surface area contributed by atoms with Crippen LogP contribution in [0.3, 0.4) is 0 Å². The van der Waals surface area contributed by atoms with E-state index in [0.29, 0.717) is 52.0 Å². The van der Waals surface area contributed by atoms with Crippen molar-refractivity contribution in [3.8, 4) is 11.5 Å². The molecule has 0 aliphatic carbocycles. The SMILES string of the molecule is CSCC(=O)Nc1cccc(C)c1.CSCC(=O)Oc1ccc(C)cc1.CSCC(=O)Oc1cccc(C)c1.CSCNC(=O)c1ccc(C)cc1.CSCNCC(=O)Nc1cccc(C)c1.CSCNS(=O)(=O)c1ccc(C)cc1. The molecule has 0 saturated heterocycles. The fraction of sp³-hybridized carbons (Fsp3) is 0.317. The Bertz CT molecular complexity index is 2820. The van der Waals surface area contributed by atoms with E-state index in [1.54, 1.807) is 66.0 Å². The molecule has 6 aromatic carbocycles. The van der Waals surface area contributed by atoms with Crippen molar-refractivity contribution in [3.05, 3.63) is 185 Å². The number of sulfonamides is 1. The Morgan fingerprint density at radius 2 is 0.864 bits per heavy atom. The molecule has 0 saturated carbocycles. The number of amides is 3. The smallest absolute Gasteiger partial charge is 0.321 e. The monoisotopic (exact) mass is 1240 g/mol. The van der Waals surface area contributed by atoms with Gasteiger partial charge in [-0.05, 0) is 169 Å². The van der Waals surface area contributed by atoms with Crippen LogP contribution in [0.1, 0.15) is 43.7 Å². The number of nitrogens with one attached hydrogen (secondary N) is 5. The molecule has 0 radical (unpaired) electrons. The molecule has 0 spiro atoms. The van der Waals surface area contributed by atoms with Crippen molar-refractivity contribution in [2.45, 2.75) is 46.4 Å². The minimum Gasteiger partial charge on any atom is -0.426 e. The molecular weight excluding hydrogens is 1160 g/mol. The largest absolute Gasteiger partial charge is 0.426 e. The Morgan fingerprint density at radius 3 is 1.32 bits per heavy atom. The van der Waals surface area contributed by atoms with Crippen LogP contribution >= 0.6 is 70.6 Å². The lowest BCUT2D eigenvalue weighted by Crippen LogP contribution is -2.27. The molecule has 0 bridgehead atoms. The van der Waals surface area contributed by atoms with E-state index >= 15 is 0 Å². The quantitative estimate of drug-likeness (QED) is 0.0197. The fourth-order valence-electron chi connectivity index (χ4n) is 5.97. The van der Waals surface area contributed by atoms with Gasteiger partial charge in [0, 0.05) is 22.8 Å². The lowest BCUT2D eigenvalue weighted by molar-refractivity contribution is -0.132. The van der Waals surface area contributed by atoms with E-state index in [4.69, 9.17) is 9.47 Å². The standard InChI is InChI=1S/C11H16N2OS.2C10H13NOS.2C10H12O2S.C9H13NO2S2/c1-9-4-3-5-10(6-9)13-11(14)7-12-8-15-2;1-8-3-5-9(6-4-8)10(12)11-7-13-2;1-8-4-3-5-9(6-8)11-10(12)7-13-2;1-8-3-5-9(6-4-8)12-10(11)7-13-2;1-8-4-3-5-9(6-8)12-10(11)7-13-2;1-8-3-5-9(6-4-8)14(11,12)10-7-13-2/h3-6,12H,7-8H2,1-2H3,(H,13,14);2*3-6H,7H2,1-2H3,(H,11,12);2*3-6H,7H2,1-2H3;3-6,10H,7H2,1-2H3. The number of ether oxygens (including phenoxy) is 2. The molecule has 0 aliphatic rings. The van der Waals surface area contributed by atoms with Crippen LogP contribution in [0.4, 0.5) is 11.4 Å². The Hall–Kier alpha value is -5.36. The number of hydrogen-bond acceptors (Lipinski definition) is 16. The second-order valence-electron chi connectivity index (χ2n) is 17.3. The number of thioether (sulfide) groups is 6. The Morgan fingerprint density at radius 1 is 0.432 bits per heavy atom. The molecule has 81 heavy (non-hydrogen) atoms. The molecule has 440 valence electrons. The zero-order valence-electron chi connectivity index (χ0n) is 48.3. The summed E-state index contributed by atoms with van der Waals surface area (Å²) >= 11 is 9.13. The minimum atomic E-state index is -3.31. The van der Waals surface area contributed by atoms with Crippen molar-refractivity contribution < 1.29 is 41.9 Å². The first-order valence-corrected chi connectivity index (χ1v) is 34.9. The molecule has 6 rings (SSSR count). The Balaban J connectivity index is 0.000000486. The van der Waals surface area contributed by atoms with E-state index in [0.717, 1.165) is 50.6 Å². The predicted octanol–water partition coefficient (Wildman–Crippen LogP) is 12.3. The molecule has 0 fully saturated rings. The fourth-order valence-corrected chi connectivity index (χ4v) is 9.23. The van der Waals surface area contributed by atoms with Crippen LogP contribution in [0.15, 0.2) is 150 Å². The summed E-state index contributed by atoms with van der Waals surface area (Å²) in [5.74, 6) is 4.04. The van der Waals surface area contributed by atoms with Crippen LogP contribution in [0.2, 0.25) is 0 Å². The average Bonchev–Trinajstić information content (AvgIpc) is 3.43. The second kappa shape index (κ2) is 44.3. The van der Waals surface area contributed by atoms with Crippen molar-refractivity contribution in [2.24, 2.45) is 0 Å².